The minimum atomic E-state index is -0.884. The van der Waals surface area contributed by atoms with E-state index in [1.54, 1.807) is 6.07 Å². The van der Waals surface area contributed by atoms with Crippen LogP contribution in [0.15, 0.2) is 12.1 Å². The highest BCUT2D eigenvalue weighted by Gasteiger charge is 2.72. The van der Waals surface area contributed by atoms with Crippen LogP contribution in [-0.4, -0.2) is 57.2 Å². The van der Waals surface area contributed by atoms with Crippen molar-refractivity contribution in [2.45, 2.75) is 74.2 Å². The number of nitrogens with zero attached hydrogens (tertiary/aromatic N) is 1. The first-order valence-electron chi connectivity index (χ1n) is 10.2. The Morgan fingerprint density at radius 1 is 1.19 bits per heavy atom. The van der Waals surface area contributed by atoms with Crippen LogP contribution in [-0.2, 0) is 11.8 Å². The van der Waals surface area contributed by atoms with Gasteiger partial charge >= 0.3 is 0 Å². The van der Waals surface area contributed by atoms with E-state index in [-0.39, 0.29) is 11.8 Å². The Balaban J connectivity index is 1.52. The molecule has 0 aromatic heterocycles. The predicted octanol–water partition coefficient (Wildman–Crippen LogP) is 1.71. The first kappa shape index (κ1) is 15.7. The molecule has 2 heterocycles. The second-order valence-electron chi connectivity index (χ2n) is 9.25. The standard InChI is InChI=1S/C21H27NO4/c23-14-5-4-13-10-16-21(25)7-6-15(24)19-20(21,17(13)18(14)26-19)8-9-22(16)11-12-2-1-3-12/h4-5,12,15-16,19,23-25H,1-3,6-11H2/t15?,16-,19-,20+,21?/m1/s1. The monoisotopic (exact) mass is 357 g/mol. The van der Waals surface area contributed by atoms with E-state index in [9.17, 15) is 15.3 Å². The van der Waals surface area contributed by atoms with Gasteiger partial charge < -0.3 is 20.1 Å². The van der Waals surface area contributed by atoms with Crippen LogP contribution in [0, 0.1) is 5.92 Å². The number of aliphatic hydroxyl groups excluding tert-OH is 1. The van der Waals surface area contributed by atoms with Gasteiger partial charge in [-0.05, 0) is 62.6 Å². The van der Waals surface area contributed by atoms with Gasteiger partial charge in [0.15, 0.2) is 11.5 Å². The Kier molecular flexibility index (Phi) is 2.99. The molecule has 3 N–H and O–H groups in total. The molecule has 0 amide bonds. The number of phenols is 1. The number of aromatic hydroxyl groups is 1. The topological polar surface area (TPSA) is 73.2 Å². The lowest BCUT2D eigenvalue weighted by molar-refractivity contribution is -0.209. The molecule has 1 spiro atoms. The van der Waals surface area contributed by atoms with E-state index < -0.39 is 23.2 Å². The van der Waals surface area contributed by atoms with Crippen LogP contribution in [0.5, 0.6) is 11.5 Å². The van der Waals surface area contributed by atoms with Crippen LogP contribution in [0.25, 0.3) is 0 Å². The van der Waals surface area contributed by atoms with Gasteiger partial charge in [0.05, 0.1) is 17.1 Å². The molecule has 1 saturated heterocycles. The lowest BCUT2D eigenvalue weighted by Gasteiger charge is -2.64. The van der Waals surface area contributed by atoms with Crippen LogP contribution < -0.4 is 4.74 Å². The Bertz CT molecular complexity index is 778. The summed E-state index contributed by atoms with van der Waals surface area (Å²) >= 11 is 0. The first-order chi connectivity index (χ1) is 12.5. The fourth-order valence-electron chi connectivity index (χ4n) is 6.83. The zero-order chi connectivity index (χ0) is 17.7. The molecule has 2 bridgehead atoms. The molecule has 26 heavy (non-hydrogen) atoms. The zero-order valence-corrected chi connectivity index (χ0v) is 15.0. The van der Waals surface area contributed by atoms with Gasteiger partial charge in [-0.2, -0.15) is 0 Å². The average molecular weight is 357 g/mol. The molecule has 0 radical (unpaired) electrons. The number of hydrogen-bond donors (Lipinski definition) is 3. The van der Waals surface area contributed by atoms with Gasteiger partial charge in [-0.1, -0.05) is 12.5 Å². The Labute approximate surface area is 153 Å². The van der Waals surface area contributed by atoms with Crippen LogP contribution in [0.1, 0.15) is 49.7 Å². The van der Waals surface area contributed by atoms with E-state index in [0.717, 1.165) is 37.4 Å². The zero-order valence-electron chi connectivity index (χ0n) is 15.0. The lowest BCUT2D eigenvalue weighted by Crippen LogP contribution is -2.77. The third-order valence-corrected chi connectivity index (χ3v) is 8.26. The highest BCUT2D eigenvalue weighted by molar-refractivity contribution is 5.62. The van der Waals surface area contributed by atoms with Crippen molar-refractivity contribution < 1.29 is 20.1 Å². The van der Waals surface area contributed by atoms with Gasteiger partial charge in [-0.15, -0.1) is 0 Å². The van der Waals surface area contributed by atoms with Gasteiger partial charge in [-0.3, -0.25) is 4.90 Å². The number of ether oxygens (including phenoxy) is 1. The van der Waals surface area contributed by atoms with Gasteiger partial charge in [0.25, 0.3) is 0 Å². The summed E-state index contributed by atoms with van der Waals surface area (Å²) < 4.78 is 6.16. The van der Waals surface area contributed by atoms with Crippen molar-refractivity contribution in [2.24, 2.45) is 5.92 Å². The van der Waals surface area contributed by atoms with Gasteiger partial charge in [-0.25, -0.2) is 0 Å². The number of aliphatic hydroxyl groups is 2. The second-order valence-corrected chi connectivity index (χ2v) is 9.25. The number of piperidine rings is 1. The second kappa shape index (κ2) is 4.94. The molecule has 1 aromatic rings. The molecular formula is C21H27NO4. The molecular weight excluding hydrogens is 330 g/mol. The van der Waals surface area contributed by atoms with Crippen molar-refractivity contribution in [2.75, 3.05) is 13.1 Å². The molecule has 3 aliphatic carbocycles. The van der Waals surface area contributed by atoms with Crippen molar-refractivity contribution in [3.63, 3.8) is 0 Å². The van der Waals surface area contributed by atoms with Crippen LogP contribution in [0.3, 0.4) is 0 Å². The van der Waals surface area contributed by atoms with Crippen LogP contribution in [0.2, 0.25) is 0 Å². The molecule has 5 atom stereocenters. The van der Waals surface area contributed by atoms with Crippen LogP contribution >= 0.6 is 0 Å². The number of likely N-dealkylation sites (tertiary alicyclic amines) is 1. The van der Waals surface area contributed by atoms with E-state index in [1.165, 1.54) is 24.8 Å². The Morgan fingerprint density at radius 3 is 2.81 bits per heavy atom. The molecule has 2 saturated carbocycles. The summed E-state index contributed by atoms with van der Waals surface area (Å²) in [6.45, 7) is 2.02. The maximum absolute atomic E-state index is 12.1. The number of benzene rings is 1. The highest BCUT2D eigenvalue weighted by atomic mass is 16.5. The summed E-state index contributed by atoms with van der Waals surface area (Å²) in [4.78, 5) is 2.53. The van der Waals surface area contributed by atoms with Crippen molar-refractivity contribution in [1.29, 1.82) is 0 Å². The summed E-state index contributed by atoms with van der Waals surface area (Å²) in [5.41, 5.74) is 0.712. The minimum Gasteiger partial charge on any atom is -0.504 e. The highest BCUT2D eigenvalue weighted by Crippen LogP contribution is 2.65. The number of hydrogen-bond acceptors (Lipinski definition) is 5. The Morgan fingerprint density at radius 2 is 2.04 bits per heavy atom. The van der Waals surface area contributed by atoms with Crippen molar-refractivity contribution in [3.8, 4) is 11.5 Å². The van der Waals surface area contributed by atoms with Gasteiger partial charge in [0.1, 0.15) is 6.10 Å². The van der Waals surface area contributed by atoms with Gasteiger partial charge in [0, 0.05) is 18.2 Å². The lowest BCUT2D eigenvalue weighted by atomic mass is 9.48. The largest absolute Gasteiger partial charge is 0.504 e. The molecule has 1 aromatic carbocycles. The Hall–Kier alpha value is -1.30. The SMILES string of the molecule is Oc1ccc2c3c1O[C@@H]1C(O)CCC4(O)[C@@H](C2)N(CC2CCC2)CC[C@]314. The fraction of sp³-hybridized carbons (Fsp3) is 0.714. The number of phenolic OH excluding ortho intramolecular Hbond substituents is 1. The quantitative estimate of drug-likeness (QED) is 0.751. The van der Waals surface area contributed by atoms with E-state index in [4.69, 9.17) is 4.74 Å². The third kappa shape index (κ3) is 1.64. The fourth-order valence-corrected chi connectivity index (χ4v) is 6.83. The molecule has 6 rings (SSSR count). The maximum atomic E-state index is 12.1. The average Bonchev–Trinajstić information content (AvgIpc) is 2.93. The molecule has 5 aliphatic rings. The summed E-state index contributed by atoms with van der Waals surface area (Å²) in [6.07, 6.45) is 5.68. The van der Waals surface area contributed by atoms with Gasteiger partial charge in [0.2, 0.25) is 0 Å². The van der Waals surface area contributed by atoms with Crippen molar-refractivity contribution in [3.05, 3.63) is 23.3 Å². The number of rotatable bonds is 2. The molecule has 3 fully saturated rings. The molecule has 5 heteroatoms. The molecule has 2 unspecified atom stereocenters. The predicted molar refractivity (Wildman–Crippen MR) is 95.4 cm³/mol. The minimum absolute atomic E-state index is 0.0819. The third-order valence-electron chi connectivity index (χ3n) is 8.26. The first-order valence-corrected chi connectivity index (χ1v) is 10.2. The maximum Gasteiger partial charge on any atom is 0.165 e. The van der Waals surface area contributed by atoms with E-state index in [2.05, 4.69) is 4.90 Å². The van der Waals surface area contributed by atoms with E-state index in [1.807, 2.05) is 6.07 Å². The summed E-state index contributed by atoms with van der Waals surface area (Å²) in [7, 11) is 0. The molecule has 2 aliphatic heterocycles. The normalized spacial score (nSPS) is 43.5. The molecule has 140 valence electrons. The summed E-state index contributed by atoms with van der Waals surface area (Å²) in [5.74, 6) is 1.42. The molecule has 5 nitrogen and oxygen atoms in total. The van der Waals surface area contributed by atoms with Crippen molar-refractivity contribution >= 4 is 0 Å². The summed E-state index contributed by atoms with van der Waals surface area (Å²) in [5, 5.41) is 33.2. The summed E-state index contributed by atoms with van der Waals surface area (Å²) in [6, 6.07) is 3.80. The van der Waals surface area contributed by atoms with E-state index in [0.29, 0.717) is 18.6 Å². The smallest absolute Gasteiger partial charge is 0.165 e. The van der Waals surface area contributed by atoms with Crippen molar-refractivity contribution in [1.82, 2.24) is 4.90 Å². The van der Waals surface area contributed by atoms with E-state index >= 15 is 0 Å². The van der Waals surface area contributed by atoms with Crippen LogP contribution in [0.4, 0.5) is 0 Å².